The van der Waals surface area contributed by atoms with E-state index < -0.39 is 11.6 Å². The van der Waals surface area contributed by atoms with Crippen molar-refractivity contribution in [3.63, 3.8) is 0 Å². The molecule has 2 fully saturated rings. The van der Waals surface area contributed by atoms with E-state index in [0.29, 0.717) is 12.0 Å². The monoisotopic (exact) mass is 280 g/mol. The highest BCUT2D eigenvalue weighted by Gasteiger charge is 2.60. The van der Waals surface area contributed by atoms with Crippen LogP contribution in [-0.4, -0.2) is 29.6 Å². The zero-order valence-corrected chi connectivity index (χ0v) is 12.6. The van der Waals surface area contributed by atoms with Crippen LogP contribution in [0.3, 0.4) is 0 Å². The molecule has 4 nitrogen and oxygen atoms in total. The zero-order valence-electron chi connectivity index (χ0n) is 12.6. The van der Waals surface area contributed by atoms with Crippen LogP contribution >= 0.6 is 0 Å². The Labute approximate surface area is 120 Å². The molecule has 2 saturated carbocycles. The second-order valence-electron chi connectivity index (χ2n) is 6.64. The fraction of sp³-hybridized carbons (Fsp3) is 0.750. The molecular weight excluding hydrogens is 256 g/mol. The summed E-state index contributed by atoms with van der Waals surface area (Å²) in [5.74, 6) is -0.790. The van der Waals surface area contributed by atoms with Gasteiger partial charge >= 0.3 is 5.97 Å². The molecule has 4 atom stereocenters. The van der Waals surface area contributed by atoms with Crippen molar-refractivity contribution >= 4 is 11.8 Å². The van der Waals surface area contributed by atoms with Crippen LogP contribution in [0.15, 0.2) is 12.2 Å². The van der Waals surface area contributed by atoms with Gasteiger partial charge in [0, 0.05) is 11.5 Å². The van der Waals surface area contributed by atoms with E-state index in [1.54, 1.807) is 6.92 Å². The molecule has 112 valence electrons. The topological polar surface area (TPSA) is 63.6 Å². The van der Waals surface area contributed by atoms with Gasteiger partial charge in [-0.05, 0) is 50.4 Å². The molecule has 1 N–H and O–H groups in total. The van der Waals surface area contributed by atoms with Crippen LogP contribution in [0.5, 0.6) is 0 Å². The number of esters is 1. The van der Waals surface area contributed by atoms with E-state index in [1.165, 1.54) is 7.11 Å². The number of carbonyl (C=O) groups is 2. The third kappa shape index (κ3) is 2.10. The Morgan fingerprint density at radius 1 is 1.30 bits per heavy atom. The molecule has 0 bridgehead atoms. The standard InChI is InChI=1S/C16H24O4/c1-10(14(18)20-4)12-5-7-15(3)8-6-13(11(2)17)16(15,19)9-12/h12-13,19H,1,5-9H2,2-4H3. The lowest BCUT2D eigenvalue weighted by atomic mass is 9.59. The fourth-order valence-electron chi connectivity index (χ4n) is 4.17. The molecule has 0 heterocycles. The minimum atomic E-state index is -1.02. The smallest absolute Gasteiger partial charge is 0.333 e. The molecule has 2 aliphatic rings. The molecule has 0 amide bonds. The molecule has 0 aromatic heterocycles. The van der Waals surface area contributed by atoms with E-state index in [2.05, 4.69) is 13.5 Å². The van der Waals surface area contributed by atoms with Crippen molar-refractivity contribution in [2.75, 3.05) is 7.11 Å². The third-order valence-corrected chi connectivity index (χ3v) is 5.64. The average molecular weight is 280 g/mol. The van der Waals surface area contributed by atoms with Gasteiger partial charge in [-0.25, -0.2) is 4.79 Å². The van der Waals surface area contributed by atoms with Crippen LogP contribution in [0.4, 0.5) is 0 Å². The minimum absolute atomic E-state index is 0.0422. The maximum Gasteiger partial charge on any atom is 0.333 e. The molecule has 2 rings (SSSR count). The second kappa shape index (κ2) is 4.99. The van der Waals surface area contributed by atoms with Crippen molar-refractivity contribution in [3.05, 3.63) is 12.2 Å². The first-order valence-electron chi connectivity index (χ1n) is 7.25. The summed E-state index contributed by atoms with van der Waals surface area (Å²) in [6.45, 7) is 7.43. The summed E-state index contributed by atoms with van der Waals surface area (Å²) < 4.78 is 4.72. The Hall–Kier alpha value is -1.16. The highest BCUT2D eigenvalue weighted by atomic mass is 16.5. The summed E-state index contributed by atoms with van der Waals surface area (Å²) in [5.41, 5.74) is -0.827. The molecule has 20 heavy (non-hydrogen) atoms. The van der Waals surface area contributed by atoms with Gasteiger partial charge in [-0.2, -0.15) is 0 Å². The Kier molecular flexibility index (Phi) is 3.80. The Morgan fingerprint density at radius 3 is 2.45 bits per heavy atom. The summed E-state index contributed by atoms with van der Waals surface area (Å²) in [6.07, 6.45) is 3.66. The number of ether oxygens (including phenoxy) is 1. The van der Waals surface area contributed by atoms with Gasteiger partial charge in [0.25, 0.3) is 0 Å². The molecule has 4 unspecified atom stereocenters. The largest absolute Gasteiger partial charge is 0.466 e. The molecule has 0 aromatic rings. The maximum atomic E-state index is 11.8. The van der Waals surface area contributed by atoms with Crippen LogP contribution in [-0.2, 0) is 14.3 Å². The second-order valence-corrected chi connectivity index (χ2v) is 6.64. The predicted octanol–water partition coefficient (Wildman–Crippen LogP) is 2.25. The van der Waals surface area contributed by atoms with Gasteiger partial charge in [0.05, 0.1) is 12.7 Å². The van der Waals surface area contributed by atoms with Crippen molar-refractivity contribution in [2.45, 2.75) is 51.6 Å². The predicted molar refractivity (Wildman–Crippen MR) is 75.0 cm³/mol. The summed E-state index contributed by atoms with van der Waals surface area (Å²) in [5, 5.41) is 11.2. The fourth-order valence-corrected chi connectivity index (χ4v) is 4.17. The van der Waals surface area contributed by atoms with E-state index in [-0.39, 0.29) is 23.0 Å². The molecule has 0 aliphatic heterocycles. The molecule has 0 radical (unpaired) electrons. The first-order valence-corrected chi connectivity index (χ1v) is 7.25. The summed E-state index contributed by atoms with van der Waals surface area (Å²) in [4.78, 5) is 23.5. The SMILES string of the molecule is C=C(C(=O)OC)C1CCC2(C)CCC(C(C)=O)C2(O)C1. The summed E-state index contributed by atoms with van der Waals surface area (Å²) in [7, 11) is 1.34. The Balaban J connectivity index is 2.26. The zero-order chi connectivity index (χ0) is 15.1. The normalized spacial score (nSPS) is 40.0. The average Bonchev–Trinajstić information content (AvgIpc) is 2.67. The lowest BCUT2D eigenvalue weighted by Gasteiger charge is -2.49. The molecular formula is C16H24O4. The van der Waals surface area contributed by atoms with Gasteiger partial charge in [-0.1, -0.05) is 13.5 Å². The van der Waals surface area contributed by atoms with Crippen LogP contribution in [0.1, 0.15) is 46.0 Å². The number of aliphatic hydroxyl groups is 1. The van der Waals surface area contributed by atoms with Crippen LogP contribution in [0.25, 0.3) is 0 Å². The van der Waals surface area contributed by atoms with E-state index >= 15 is 0 Å². The lowest BCUT2D eigenvalue weighted by Crippen LogP contribution is -2.53. The van der Waals surface area contributed by atoms with Crippen molar-refractivity contribution in [1.29, 1.82) is 0 Å². The van der Waals surface area contributed by atoms with Crippen molar-refractivity contribution < 1.29 is 19.4 Å². The Bertz CT molecular complexity index is 455. The number of ketones is 1. The number of hydrogen-bond acceptors (Lipinski definition) is 4. The highest BCUT2D eigenvalue weighted by Crippen LogP contribution is 2.59. The number of methoxy groups -OCH3 is 1. The number of carbonyl (C=O) groups excluding carboxylic acids is 2. The van der Waals surface area contributed by atoms with E-state index in [0.717, 1.165) is 25.7 Å². The molecule has 2 aliphatic carbocycles. The van der Waals surface area contributed by atoms with Gasteiger partial charge in [-0.15, -0.1) is 0 Å². The van der Waals surface area contributed by atoms with Crippen molar-refractivity contribution in [2.24, 2.45) is 17.3 Å². The molecule has 0 aromatic carbocycles. The quantitative estimate of drug-likeness (QED) is 0.636. The third-order valence-electron chi connectivity index (χ3n) is 5.64. The highest BCUT2D eigenvalue weighted by molar-refractivity contribution is 5.88. The van der Waals surface area contributed by atoms with Gasteiger partial charge in [0.15, 0.2) is 0 Å². The van der Waals surface area contributed by atoms with Gasteiger partial charge < -0.3 is 9.84 Å². The van der Waals surface area contributed by atoms with Crippen molar-refractivity contribution in [3.8, 4) is 0 Å². The maximum absolute atomic E-state index is 11.8. The van der Waals surface area contributed by atoms with E-state index in [4.69, 9.17) is 4.74 Å². The molecule has 4 heteroatoms. The Morgan fingerprint density at radius 2 is 1.90 bits per heavy atom. The number of Topliss-reactive ketones (excluding diaryl/α,β-unsaturated/α-hetero) is 1. The lowest BCUT2D eigenvalue weighted by molar-refractivity contribution is -0.148. The van der Waals surface area contributed by atoms with E-state index in [1.807, 2.05) is 0 Å². The van der Waals surface area contributed by atoms with Gasteiger partial charge in [0.1, 0.15) is 5.78 Å². The summed E-state index contributed by atoms with van der Waals surface area (Å²) in [6, 6.07) is 0. The van der Waals surface area contributed by atoms with E-state index in [9.17, 15) is 14.7 Å². The first-order chi connectivity index (χ1) is 9.25. The number of hydrogen-bond donors (Lipinski definition) is 1. The van der Waals surface area contributed by atoms with Gasteiger partial charge in [0.2, 0.25) is 0 Å². The number of rotatable bonds is 3. The van der Waals surface area contributed by atoms with Crippen molar-refractivity contribution in [1.82, 2.24) is 0 Å². The van der Waals surface area contributed by atoms with Crippen LogP contribution < -0.4 is 0 Å². The van der Waals surface area contributed by atoms with Gasteiger partial charge in [-0.3, -0.25) is 4.79 Å². The molecule has 0 saturated heterocycles. The number of fused-ring (bicyclic) bond motifs is 1. The summed E-state index contributed by atoms with van der Waals surface area (Å²) >= 11 is 0. The van der Waals surface area contributed by atoms with Crippen LogP contribution in [0, 0.1) is 17.3 Å². The first kappa shape index (κ1) is 15.2. The minimum Gasteiger partial charge on any atom is -0.466 e. The van der Waals surface area contributed by atoms with Crippen LogP contribution in [0.2, 0.25) is 0 Å². The molecule has 0 spiro atoms.